The number of ether oxygens (including phenoxy) is 1. The smallest absolute Gasteiger partial charge is 0.341 e. The zero-order chi connectivity index (χ0) is 15.5. The summed E-state index contributed by atoms with van der Waals surface area (Å²) in [6, 6.07) is 5.38. The number of carboxylic acids is 1. The minimum atomic E-state index is -3.76. The Kier molecular flexibility index (Phi) is 4.38. The van der Waals surface area contributed by atoms with Crippen molar-refractivity contribution >= 4 is 32.7 Å². The van der Waals surface area contributed by atoms with Crippen molar-refractivity contribution in [3.8, 4) is 5.75 Å². The molecule has 0 radical (unpaired) electrons. The van der Waals surface area contributed by atoms with E-state index in [0.29, 0.717) is 5.82 Å². The van der Waals surface area contributed by atoms with Crippen LogP contribution in [-0.2, 0) is 14.8 Å². The number of carbonyl (C=O) groups is 1. The quantitative estimate of drug-likeness (QED) is 0.815. The molecule has 8 nitrogen and oxygen atoms in total. The number of rotatable bonds is 6. The standard InChI is InChI=1S/C11H11N3O5S2/c1-7-12-11(20-13-7)14-21(17,18)9-4-2-8(3-5-9)19-6-10(15)16/h2-5H,6H2,1H3,(H,15,16)(H,12,13,14). The fraction of sp³-hybridized carbons (Fsp3) is 0.182. The maximum absolute atomic E-state index is 12.1. The summed E-state index contributed by atoms with van der Waals surface area (Å²) in [6.45, 7) is 1.16. The van der Waals surface area contributed by atoms with Crippen LogP contribution in [0.4, 0.5) is 5.13 Å². The Morgan fingerprint density at radius 1 is 1.38 bits per heavy atom. The molecule has 0 bridgehead atoms. The molecule has 0 atom stereocenters. The molecular formula is C11H11N3O5S2. The average Bonchev–Trinajstić information content (AvgIpc) is 2.81. The summed E-state index contributed by atoms with van der Waals surface area (Å²) in [7, 11) is -3.76. The third kappa shape index (κ3) is 4.13. The summed E-state index contributed by atoms with van der Waals surface area (Å²) >= 11 is 0.944. The van der Waals surface area contributed by atoms with Crippen LogP contribution in [0.2, 0.25) is 0 Å². The zero-order valence-corrected chi connectivity index (χ0v) is 12.4. The number of anilines is 1. The summed E-state index contributed by atoms with van der Waals surface area (Å²) in [4.78, 5) is 14.3. The van der Waals surface area contributed by atoms with Crippen LogP contribution in [0, 0.1) is 6.92 Å². The number of aryl methyl sites for hydroxylation is 1. The van der Waals surface area contributed by atoms with Crippen LogP contribution < -0.4 is 9.46 Å². The summed E-state index contributed by atoms with van der Waals surface area (Å²) < 4.78 is 35.3. The van der Waals surface area contributed by atoms with Crippen molar-refractivity contribution in [2.75, 3.05) is 11.3 Å². The minimum Gasteiger partial charge on any atom is -0.482 e. The van der Waals surface area contributed by atoms with Crippen LogP contribution in [-0.4, -0.2) is 35.5 Å². The molecule has 0 amide bonds. The Hall–Kier alpha value is -2.20. The van der Waals surface area contributed by atoms with Crippen molar-refractivity contribution < 1.29 is 23.1 Å². The number of hydrogen-bond acceptors (Lipinski definition) is 7. The van der Waals surface area contributed by atoms with Crippen LogP contribution in [0.3, 0.4) is 0 Å². The molecule has 0 aliphatic rings. The molecule has 0 aliphatic heterocycles. The predicted octanol–water partition coefficient (Wildman–Crippen LogP) is 1.11. The monoisotopic (exact) mass is 329 g/mol. The predicted molar refractivity (Wildman–Crippen MR) is 75.0 cm³/mol. The molecule has 0 unspecified atom stereocenters. The number of benzene rings is 1. The Bertz CT molecular complexity index is 739. The maximum atomic E-state index is 12.1. The van der Waals surface area contributed by atoms with Gasteiger partial charge in [0, 0.05) is 11.5 Å². The molecule has 0 fully saturated rings. The van der Waals surface area contributed by atoms with Crippen molar-refractivity contribution in [3.05, 3.63) is 30.1 Å². The van der Waals surface area contributed by atoms with Gasteiger partial charge in [0.25, 0.3) is 10.0 Å². The molecule has 0 spiro atoms. The summed E-state index contributed by atoms with van der Waals surface area (Å²) in [5, 5.41) is 8.66. The highest BCUT2D eigenvalue weighted by molar-refractivity contribution is 7.93. The fourth-order valence-electron chi connectivity index (χ4n) is 1.37. The molecule has 0 saturated carbocycles. The lowest BCUT2D eigenvalue weighted by atomic mass is 10.3. The lowest BCUT2D eigenvalue weighted by Gasteiger charge is -2.06. The van der Waals surface area contributed by atoms with Crippen LogP contribution in [0.15, 0.2) is 29.2 Å². The van der Waals surface area contributed by atoms with Gasteiger partial charge in [0.05, 0.1) is 4.90 Å². The molecule has 2 rings (SSSR count). The second kappa shape index (κ2) is 6.06. The van der Waals surface area contributed by atoms with Crippen LogP contribution in [0.1, 0.15) is 5.82 Å². The number of sulfonamides is 1. The third-order valence-electron chi connectivity index (χ3n) is 2.25. The molecule has 1 aromatic carbocycles. The second-order valence-corrected chi connectivity index (χ2v) is 6.34. The number of nitrogens with zero attached hydrogens (tertiary/aromatic N) is 2. The van der Waals surface area contributed by atoms with E-state index in [1.165, 1.54) is 24.3 Å². The summed E-state index contributed by atoms with van der Waals surface area (Å²) in [5.74, 6) is -0.363. The molecule has 10 heteroatoms. The Labute approximate surface area is 124 Å². The van der Waals surface area contributed by atoms with Crippen molar-refractivity contribution in [3.63, 3.8) is 0 Å². The summed E-state index contributed by atoms with van der Waals surface area (Å²) in [6.07, 6.45) is 0. The van der Waals surface area contributed by atoms with Gasteiger partial charge >= 0.3 is 5.97 Å². The highest BCUT2D eigenvalue weighted by Crippen LogP contribution is 2.20. The average molecular weight is 329 g/mol. The van der Waals surface area contributed by atoms with E-state index in [9.17, 15) is 13.2 Å². The van der Waals surface area contributed by atoms with E-state index in [1.54, 1.807) is 6.92 Å². The molecule has 2 N–H and O–H groups in total. The number of aliphatic carboxylic acids is 1. The molecule has 0 aliphatic carbocycles. The van der Waals surface area contributed by atoms with Crippen LogP contribution in [0.25, 0.3) is 0 Å². The normalized spacial score (nSPS) is 11.1. The largest absolute Gasteiger partial charge is 0.482 e. The van der Waals surface area contributed by atoms with Crippen molar-refractivity contribution in [1.29, 1.82) is 0 Å². The molecule has 112 valence electrons. The van der Waals surface area contributed by atoms with Gasteiger partial charge in [-0.15, -0.1) is 0 Å². The topological polar surface area (TPSA) is 118 Å². The molecule has 21 heavy (non-hydrogen) atoms. The van der Waals surface area contributed by atoms with Gasteiger partial charge in [-0.1, -0.05) is 0 Å². The summed E-state index contributed by atoms with van der Waals surface area (Å²) in [5.41, 5.74) is 0. The van der Waals surface area contributed by atoms with Gasteiger partial charge < -0.3 is 9.84 Å². The van der Waals surface area contributed by atoms with Crippen LogP contribution >= 0.6 is 11.5 Å². The van der Waals surface area contributed by atoms with Gasteiger partial charge in [0.2, 0.25) is 5.13 Å². The fourth-order valence-corrected chi connectivity index (χ4v) is 3.17. The third-order valence-corrected chi connectivity index (χ3v) is 4.45. The SMILES string of the molecule is Cc1nsc(NS(=O)(=O)c2ccc(OCC(=O)O)cc2)n1. The first-order chi connectivity index (χ1) is 9.87. The van der Waals surface area contributed by atoms with Crippen molar-refractivity contribution in [1.82, 2.24) is 9.36 Å². The van der Waals surface area contributed by atoms with Crippen molar-refractivity contribution in [2.24, 2.45) is 0 Å². The first-order valence-electron chi connectivity index (χ1n) is 5.64. The van der Waals surface area contributed by atoms with Gasteiger partial charge in [-0.05, 0) is 31.2 Å². The molecule has 0 saturated heterocycles. The van der Waals surface area contributed by atoms with E-state index in [-0.39, 0.29) is 15.8 Å². The van der Waals surface area contributed by atoms with E-state index < -0.39 is 22.6 Å². The van der Waals surface area contributed by atoms with Gasteiger partial charge in [0.15, 0.2) is 6.61 Å². The number of carboxylic acid groups (broad SMARTS) is 1. The van der Waals surface area contributed by atoms with E-state index >= 15 is 0 Å². The van der Waals surface area contributed by atoms with Crippen LogP contribution in [0.5, 0.6) is 5.75 Å². The molecule has 2 aromatic rings. The van der Waals surface area contributed by atoms with Gasteiger partial charge in [-0.25, -0.2) is 18.2 Å². The lowest BCUT2D eigenvalue weighted by molar-refractivity contribution is -0.139. The highest BCUT2D eigenvalue weighted by atomic mass is 32.2. The second-order valence-electron chi connectivity index (χ2n) is 3.91. The van der Waals surface area contributed by atoms with E-state index in [1.807, 2.05) is 0 Å². The van der Waals surface area contributed by atoms with E-state index in [2.05, 4.69) is 14.1 Å². The molecular weight excluding hydrogens is 318 g/mol. The van der Waals surface area contributed by atoms with E-state index in [0.717, 1.165) is 11.5 Å². The maximum Gasteiger partial charge on any atom is 0.341 e. The minimum absolute atomic E-state index is 0.0121. The molecule has 1 heterocycles. The van der Waals surface area contributed by atoms with Gasteiger partial charge in [0.1, 0.15) is 11.6 Å². The highest BCUT2D eigenvalue weighted by Gasteiger charge is 2.16. The Morgan fingerprint density at radius 3 is 2.57 bits per heavy atom. The Balaban J connectivity index is 2.11. The number of nitrogens with one attached hydrogen (secondary N) is 1. The zero-order valence-electron chi connectivity index (χ0n) is 10.8. The number of aromatic nitrogens is 2. The lowest BCUT2D eigenvalue weighted by Crippen LogP contribution is -2.13. The van der Waals surface area contributed by atoms with Gasteiger partial charge in [-0.2, -0.15) is 4.37 Å². The van der Waals surface area contributed by atoms with Gasteiger partial charge in [-0.3, -0.25) is 4.72 Å². The van der Waals surface area contributed by atoms with Crippen molar-refractivity contribution in [2.45, 2.75) is 11.8 Å². The molecule has 1 aromatic heterocycles. The van der Waals surface area contributed by atoms with E-state index in [4.69, 9.17) is 9.84 Å². The first kappa shape index (κ1) is 15.2. The Morgan fingerprint density at radius 2 is 2.05 bits per heavy atom. The number of hydrogen-bond donors (Lipinski definition) is 2. The first-order valence-corrected chi connectivity index (χ1v) is 7.90.